The zero-order chi connectivity index (χ0) is 17.8. The van der Waals surface area contributed by atoms with E-state index in [1.807, 2.05) is 38.2 Å². The maximum absolute atomic E-state index is 5.80. The van der Waals surface area contributed by atoms with Crippen molar-refractivity contribution in [2.24, 2.45) is 0 Å². The van der Waals surface area contributed by atoms with E-state index < -0.39 is 0 Å². The van der Waals surface area contributed by atoms with Crippen LogP contribution in [-0.4, -0.2) is 39.1 Å². The van der Waals surface area contributed by atoms with E-state index in [4.69, 9.17) is 16.3 Å². The molecule has 2 heterocycles. The Bertz CT molecular complexity index is 881. The van der Waals surface area contributed by atoms with Crippen LogP contribution in [0, 0.1) is 6.92 Å². The standard InChI is InChI=1S/C16H18ClN7O/c1-10-6-15(18-2)21-16(19-10)20-11-4-5-14(25-3)13(7-11)24-9-12(8-17)22-23-24/h4-7,9H,8H2,1-3H3,(H2,18,19,20,21). The smallest absolute Gasteiger partial charge is 0.229 e. The van der Waals surface area contributed by atoms with Gasteiger partial charge in [0.1, 0.15) is 17.3 Å². The second-order valence-corrected chi connectivity index (χ2v) is 5.54. The van der Waals surface area contributed by atoms with Crippen molar-refractivity contribution in [3.63, 3.8) is 0 Å². The normalized spacial score (nSPS) is 10.6. The Kier molecular flexibility index (Phi) is 4.99. The van der Waals surface area contributed by atoms with Crippen molar-refractivity contribution in [1.82, 2.24) is 25.0 Å². The molecule has 0 radical (unpaired) electrons. The summed E-state index contributed by atoms with van der Waals surface area (Å²) < 4.78 is 7.04. The third-order valence-corrected chi connectivity index (χ3v) is 3.74. The minimum Gasteiger partial charge on any atom is -0.494 e. The summed E-state index contributed by atoms with van der Waals surface area (Å²) in [4.78, 5) is 8.79. The number of hydrogen-bond donors (Lipinski definition) is 2. The number of benzene rings is 1. The maximum atomic E-state index is 5.80. The third kappa shape index (κ3) is 3.80. The predicted octanol–water partition coefficient (Wildman–Crippen LogP) is 2.90. The van der Waals surface area contributed by atoms with Crippen LogP contribution >= 0.6 is 11.6 Å². The fourth-order valence-electron chi connectivity index (χ4n) is 2.31. The van der Waals surface area contributed by atoms with Crippen LogP contribution in [0.5, 0.6) is 5.75 Å². The molecule has 2 aromatic heterocycles. The molecule has 0 aliphatic rings. The number of ether oxygens (including phenoxy) is 1. The number of aromatic nitrogens is 5. The maximum Gasteiger partial charge on any atom is 0.229 e. The molecule has 0 bridgehead atoms. The van der Waals surface area contributed by atoms with Crippen LogP contribution in [0.25, 0.3) is 5.69 Å². The Morgan fingerprint density at radius 1 is 1.24 bits per heavy atom. The number of anilines is 3. The van der Waals surface area contributed by atoms with Crippen LogP contribution in [0.3, 0.4) is 0 Å². The highest BCUT2D eigenvalue weighted by atomic mass is 35.5. The van der Waals surface area contributed by atoms with Crippen LogP contribution < -0.4 is 15.4 Å². The first-order chi connectivity index (χ1) is 12.1. The minimum atomic E-state index is 0.296. The fraction of sp³-hybridized carbons (Fsp3) is 0.250. The third-order valence-electron chi connectivity index (χ3n) is 3.47. The molecule has 0 unspecified atom stereocenters. The summed E-state index contributed by atoms with van der Waals surface area (Å²) in [7, 11) is 3.42. The number of aryl methyl sites for hydroxylation is 1. The molecule has 25 heavy (non-hydrogen) atoms. The molecule has 3 aromatic rings. The SMILES string of the molecule is CNc1cc(C)nc(Nc2ccc(OC)c(-n3cc(CCl)nn3)c2)n1. The Balaban J connectivity index is 1.95. The first-order valence-corrected chi connectivity index (χ1v) is 8.12. The van der Waals surface area contributed by atoms with Crippen LogP contribution in [0.1, 0.15) is 11.4 Å². The summed E-state index contributed by atoms with van der Waals surface area (Å²) in [5, 5.41) is 14.3. The molecule has 2 N–H and O–H groups in total. The van der Waals surface area contributed by atoms with Crippen LogP contribution in [0.4, 0.5) is 17.5 Å². The largest absolute Gasteiger partial charge is 0.494 e. The van der Waals surface area contributed by atoms with E-state index >= 15 is 0 Å². The van der Waals surface area contributed by atoms with Gasteiger partial charge < -0.3 is 15.4 Å². The van der Waals surface area contributed by atoms with Gasteiger partial charge in [0.15, 0.2) is 0 Å². The summed E-state index contributed by atoms with van der Waals surface area (Å²) in [6.45, 7) is 1.91. The van der Waals surface area contributed by atoms with E-state index in [0.717, 1.165) is 22.9 Å². The van der Waals surface area contributed by atoms with Gasteiger partial charge in [-0.2, -0.15) is 4.98 Å². The summed E-state index contributed by atoms with van der Waals surface area (Å²) in [5.74, 6) is 2.20. The van der Waals surface area contributed by atoms with E-state index in [1.165, 1.54) is 0 Å². The highest BCUT2D eigenvalue weighted by Crippen LogP contribution is 2.27. The van der Waals surface area contributed by atoms with E-state index in [2.05, 4.69) is 30.9 Å². The van der Waals surface area contributed by atoms with Gasteiger partial charge in [0.25, 0.3) is 0 Å². The topological polar surface area (TPSA) is 89.8 Å². The van der Waals surface area contributed by atoms with Gasteiger partial charge >= 0.3 is 0 Å². The van der Waals surface area contributed by atoms with E-state index in [1.54, 1.807) is 18.0 Å². The van der Waals surface area contributed by atoms with Crippen molar-refractivity contribution < 1.29 is 4.74 Å². The van der Waals surface area contributed by atoms with Gasteiger partial charge in [-0.3, -0.25) is 0 Å². The molecular formula is C16H18ClN7O. The molecule has 3 rings (SSSR count). The number of nitrogens with zero attached hydrogens (tertiary/aromatic N) is 5. The van der Waals surface area contributed by atoms with Crippen LogP contribution in [0.2, 0.25) is 0 Å². The molecule has 8 nitrogen and oxygen atoms in total. The van der Waals surface area contributed by atoms with Crippen molar-refractivity contribution in [3.05, 3.63) is 41.9 Å². The first kappa shape index (κ1) is 17.0. The number of alkyl halides is 1. The Morgan fingerprint density at radius 3 is 2.76 bits per heavy atom. The van der Waals surface area contributed by atoms with Gasteiger partial charge in [-0.15, -0.1) is 16.7 Å². The van der Waals surface area contributed by atoms with Gasteiger partial charge in [-0.05, 0) is 25.1 Å². The molecule has 130 valence electrons. The number of nitrogens with one attached hydrogen (secondary N) is 2. The molecule has 9 heteroatoms. The Labute approximate surface area is 150 Å². The van der Waals surface area contributed by atoms with Crippen molar-refractivity contribution in [3.8, 4) is 11.4 Å². The second-order valence-electron chi connectivity index (χ2n) is 5.27. The lowest BCUT2D eigenvalue weighted by Gasteiger charge is -2.12. The van der Waals surface area contributed by atoms with Crippen molar-refractivity contribution in [2.75, 3.05) is 24.8 Å². The molecule has 1 aromatic carbocycles. The minimum absolute atomic E-state index is 0.296. The fourth-order valence-corrected chi connectivity index (χ4v) is 2.43. The quantitative estimate of drug-likeness (QED) is 0.654. The van der Waals surface area contributed by atoms with Crippen molar-refractivity contribution >= 4 is 29.1 Å². The summed E-state index contributed by atoms with van der Waals surface area (Å²) in [6, 6.07) is 7.48. The average molecular weight is 360 g/mol. The first-order valence-electron chi connectivity index (χ1n) is 7.59. The zero-order valence-corrected chi connectivity index (χ0v) is 14.9. The number of halogens is 1. The van der Waals surface area contributed by atoms with Gasteiger partial charge in [0, 0.05) is 24.5 Å². The van der Waals surface area contributed by atoms with Crippen LogP contribution in [-0.2, 0) is 5.88 Å². The lowest BCUT2D eigenvalue weighted by molar-refractivity contribution is 0.411. The van der Waals surface area contributed by atoms with Gasteiger partial charge in [0.05, 0.1) is 24.9 Å². The van der Waals surface area contributed by atoms with E-state index in [0.29, 0.717) is 23.3 Å². The molecular weight excluding hydrogens is 342 g/mol. The Morgan fingerprint density at radius 2 is 2.08 bits per heavy atom. The van der Waals surface area contributed by atoms with Crippen molar-refractivity contribution in [2.45, 2.75) is 12.8 Å². The lowest BCUT2D eigenvalue weighted by Crippen LogP contribution is -2.04. The highest BCUT2D eigenvalue weighted by Gasteiger charge is 2.11. The Hall–Kier alpha value is -2.87. The molecule has 0 atom stereocenters. The van der Waals surface area contributed by atoms with E-state index in [-0.39, 0.29) is 0 Å². The lowest BCUT2D eigenvalue weighted by atomic mass is 10.2. The zero-order valence-electron chi connectivity index (χ0n) is 14.1. The molecule has 0 saturated carbocycles. The summed E-state index contributed by atoms with van der Waals surface area (Å²) in [6.07, 6.45) is 1.76. The number of hydrogen-bond acceptors (Lipinski definition) is 7. The molecule has 0 amide bonds. The molecule has 0 saturated heterocycles. The summed E-state index contributed by atoms with van der Waals surface area (Å²) in [5.41, 5.74) is 3.07. The number of rotatable bonds is 6. The molecule has 0 aliphatic heterocycles. The highest BCUT2D eigenvalue weighted by molar-refractivity contribution is 6.16. The second kappa shape index (κ2) is 7.35. The average Bonchev–Trinajstić information content (AvgIpc) is 3.10. The molecule has 0 fully saturated rings. The van der Waals surface area contributed by atoms with Gasteiger partial charge in [-0.1, -0.05) is 5.21 Å². The monoisotopic (exact) mass is 359 g/mol. The van der Waals surface area contributed by atoms with E-state index in [9.17, 15) is 0 Å². The number of methoxy groups -OCH3 is 1. The predicted molar refractivity (Wildman–Crippen MR) is 97.1 cm³/mol. The van der Waals surface area contributed by atoms with Gasteiger partial charge in [0.2, 0.25) is 5.95 Å². The van der Waals surface area contributed by atoms with Crippen molar-refractivity contribution in [1.29, 1.82) is 0 Å². The van der Waals surface area contributed by atoms with Gasteiger partial charge in [-0.25, -0.2) is 9.67 Å². The van der Waals surface area contributed by atoms with Crippen LogP contribution in [0.15, 0.2) is 30.5 Å². The molecule has 0 aliphatic carbocycles. The summed E-state index contributed by atoms with van der Waals surface area (Å²) >= 11 is 5.80. The molecule has 0 spiro atoms.